The van der Waals surface area contributed by atoms with Crippen LogP contribution in [0.25, 0.3) is 10.9 Å². The molecular weight excluding hydrogens is 332 g/mol. The highest BCUT2D eigenvalue weighted by Crippen LogP contribution is 2.23. The molecule has 2 heterocycles. The van der Waals surface area contributed by atoms with E-state index in [0.29, 0.717) is 18.2 Å². The molecule has 0 saturated carbocycles. The first-order valence-electron chi connectivity index (χ1n) is 7.90. The van der Waals surface area contributed by atoms with Gasteiger partial charge >= 0.3 is 5.97 Å². The highest BCUT2D eigenvalue weighted by atomic mass is 35.5. The minimum Gasteiger partial charge on any atom is -0.480 e. The highest BCUT2D eigenvalue weighted by Gasteiger charge is 2.31. The van der Waals surface area contributed by atoms with Crippen molar-refractivity contribution < 1.29 is 19.4 Å². The lowest BCUT2D eigenvalue weighted by Gasteiger charge is -2.28. The van der Waals surface area contributed by atoms with Crippen LogP contribution in [0.2, 0.25) is 5.02 Å². The van der Waals surface area contributed by atoms with Gasteiger partial charge in [0, 0.05) is 34.6 Å². The van der Waals surface area contributed by atoms with E-state index in [-0.39, 0.29) is 18.2 Å². The molecule has 1 aromatic heterocycles. The summed E-state index contributed by atoms with van der Waals surface area (Å²) in [5.41, 5.74) is 1.67. The number of aromatic nitrogens is 1. The third kappa shape index (κ3) is 3.71. The summed E-state index contributed by atoms with van der Waals surface area (Å²) in [5, 5.41) is 13.5. The second-order valence-corrected chi connectivity index (χ2v) is 6.48. The van der Waals surface area contributed by atoms with Gasteiger partial charge in [-0.1, -0.05) is 11.6 Å². The molecule has 2 aromatic rings. The molecule has 2 unspecified atom stereocenters. The molecule has 0 bridgehead atoms. The largest absolute Gasteiger partial charge is 0.480 e. The van der Waals surface area contributed by atoms with Gasteiger partial charge in [0.05, 0.1) is 13.0 Å². The lowest BCUT2D eigenvalue weighted by atomic mass is 9.93. The van der Waals surface area contributed by atoms with Gasteiger partial charge in [-0.15, -0.1) is 0 Å². The first kappa shape index (κ1) is 16.8. The minimum atomic E-state index is -1.03. The Hall–Kier alpha value is -2.05. The van der Waals surface area contributed by atoms with Crippen molar-refractivity contribution in [1.82, 2.24) is 10.3 Å². The topological polar surface area (TPSA) is 91.4 Å². The summed E-state index contributed by atoms with van der Waals surface area (Å²) in [5.74, 6) is -1.55. The number of rotatable bonds is 5. The van der Waals surface area contributed by atoms with Crippen molar-refractivity contribution in [1.29, 1.82) is 0 Å². The van der Waals surface area contributed by atoms with E-state index in [1.807, 2.05) is 6.07 Å². The summed E-state index contributed by atoms with van der Waals surface area (Å²) < 4.78 is 5.34. The van der Waals surface area contributed by atoms with Gasteiger partial charge in [-0.25, -0.2) is 4.79 Å². The fourth-order valence-corrected chi connectivity index (χ4v) is 3.28. The zero-order chi connectivity index (χ0) is 17.1. The molecule has 0 radical (unpaired) electrons. The number of carbonyl (C=O) groups excluding carboxylic acids is 1. The van der Waals surface area contributed by atoms with Crippen LogP contribution in [0.1, 0.15) is 18.4 Å². The Balaban J connectivity index is 1.70. The van der Waals surface area contributed by atoms with E-state index < -0.39 is 12.0 Å². The molecule has 0 aliphatic carbocycles. The molecular formula is C17H19ClN2O4. The van der Waals surface area contributed by atoms with E-state index in [1.165, 1.54) is 0 Å². The van der Waals surface area contributed by atoms with Crippen LogP contribution in [-0.4, -0.2) is 41.2 Å². The zero-order valence-electron chi connectivity index (χ0n) is 13.0. The fourth-order valence-electron chi connectivity index (χ4n) is 3.10. The van der Waals surface area contributed by atoms with Crippen LogP contribution in [0.4, 0.5) is 0 Å². The molecule has 1 aliphatic rings. The summed E-state index contributed by atoms with van der Waals surface area (Å²) in [6.07, 6.45) is 3.39. The van der Waals surface area contributed by atoms with E-state index in [9.17, 15) is 14.7 Å². The number of fused-ring (bicyclic) bond motifs is 1. The predicted molar refractivity (Wildman–Crippen MR) is 90.1 cm³/mol. The van der Waals surface area contributed by atoms with Gasteiger partial charge in [-0.05, 0) is 36.6 Å². The van der Waals surface area contributed by atoms with Crippen molar-refractivity contribution in [3.8, 4) is 0 Å². The summed E-state index contributed by atoms with van der Waals surface area (Å²) in [7, 11) is 0. The monoisotopic (exact) mass is 350 g/mol. The van der Waals surface area contributed by atoms with Crippen molar-refractivity contribution in [2.24, 2.45) is 5.92 Å². The zero-order valence-corrected chi connectivity index (χ0v) is 13.8. The van der Waals surface area contributed by atoms with Crippen molar-refractivity contribution in [3.63, 3.8) is 0 Å². The number of carboxylic acids is 1. The van der Waals surface area contributed by atoms with Crippen LogP contribution in [-0.2, 0) is 20.7 Å². The van der Waals surface area contributed by atoms with Gasteiger partial charge in [0.1, 0.15) is 6.04 Å². The lowest BCUT2D eigenvalue weighted by Crippen LogP contribution is -2.48. The van der Waals surface area contributed by atoms with Crippen molar-refractivity contribution in [2.75, 3.05) is 13.2 Å². The van der Waals surface area contributed by atoms with Gasteiger partial charge in [0.2, 0.25) is 5.91 Å². The number of hydrogen-bond donors (Lipinski definition) is 3. The molecule has 1 aliphatic heterocycles. The first-order valence-corrected chi connectivity index (χ1v) is 8.28. The molecule has 1 saturated heterocycles. The van der Waals surface area contributed by atoms with E-state index >= 15 is 0 Å². The number of carboxylic acid groups (broad SMARTS) is 1. The molecule has 1 fully saturated rings. The number of H-pyrrole nitrogens is 1. The van der Waals surface area contributed by atoms with Crippen molar-refractivity contribution >= 4 is 34.4 Å². The third-order valence-electron chi connectivity index (χ3n) is 4.33. The number of hydrogen-bond acceptors (Lipinski definition) is 3. The number of benzene rings is 1. The Bertz CT molecular complexity index is 752. The van der Waals surface area contributed by atoms with Crippen LogP contribution < -0.4 is 5.32 Å². The standard InChI is InChI=1S/C17H19ClN2O4/c18-12-3-4-14-13(7-12)11(8-19-14)6-15(21)20-16(17(22)23)10-2-1-5-24-9-10/h3-4,7-8,10,16,19H,1-2,5-6,9H2,(H,20,21)(H,22,23). The maximum absolute atomic E-state index is 12.3. The molecule has 128 valence electrons. The SMILES string of the molecule is O=C(Cc1c[nH]c2ccc(Cl)cc12)NC(C(=O)O)C1CCCOC1. The number of nitrogens with one attached hydrogen (secondary N) is 2. The smallest absolute Gasteiger partial charge is 0.326 e. The highest BCUT2D eigenvalue weighted by molar-refractivity contribution is 6.31. The molecule has 24 heavy (non-hydrogen) atoms. The van der Waals surface area contributed by atoms with Crippen LogP contribution in [0.3, 0.4) is 0 Å². The van der Waals surface area contributed by atoms with E-state index in [4.69, 9.17) is 16.3 Å². The van der Waals surface area contributed by atoms with Crippen LogP contribution in [0.5, 0.6) is 0 Å². The number of aliphatic carboxylic acids is 1. The number of carbonyl (C=O) groups is 2. The number of ether oxygens (including phenoxy) is 1. The normalized spacial score (nSPS) is 19.1. The first-order chi connectivity index (χ1) is 11.5. The van der Waals surface area contributed by atoms with Gasteiger partial charge in [0.15, 0.2) is 0 Å². The molecule has 7 heteroatoms. The Morgan fingerprint density at radius 3 is 3.00 bits per heavy atom. The third-order valence-corrected chi connectivity index (χ3v) is 4.57. The second kappa shape index (κ2) is 7.23. The van der Waals surface area contributed by atoms with E-state index in [1.54, 1.807) is 18.3 Å². The summed E-state index contributed by atoms with van der Waals surface area (Å²) in [6.45, 7) is 1.01. The van der Waals surface area contributed by atoms with Crippen LogP contribution in [0, 0.1) is 5.92 Å². The maximum atomic E-state index is 12.3. The van der Waals surface area contributed by atoms with Gasteiger partial charge in [-0.3, -0.25) is 4.79 Å². The molecule has 3 rings (SSSR count). The summed E-state index contributed by atoms with van der Waals surface area (Å²) in [6, 6.07) is 4.48. The average molecular weight is 351 g/mol. The Labute approximate surface area is 144 Å². The number of aromatic amines is 1. The van der Waals surface area contributed by atoms with Gasteiger partial charge in [-0.2, -0.15) is 0 Å². The van der Waals surface area contributed by atoms with Crippen molar-refractivity contribution in [2.45, 2.75) is 25.3 Å². The number of amides is 1. The predicted octanol–water partition coefficient (Wildman–Crippen LogP) is 2.36. The fraction of sp³-hybridized carbons (Fsp3) is 0.412. The van der Waals surface area contributed by atoms with Gasteiger partial charge < -0.3 is 20.1 Å². The Morgan fingerprint density at radius 1 is 1.46 bits per heavy atom. The second-order valence-electron chi connectivity index (χ2n) is 6.04. The minimum absolute atomic E-state index is 0.0949. The molecule has 1 amide bonds. The van der Waals surface area contributed by atoms with Crippen LogP contribution >= 0.6 is 11.6 Å². The van der Waals surface area contributed by atoms with Crippen molar-refractivity contribution in [3.05, 3.63) is 35.0 Å². The Morgan fingerprint density at radius 2 is 2.29 bits per heavy atom. The van der Waals surface area contributed by atoms with Crippen LogP contribution in [0.15, 0.2) is 24.4 Å². The number of halogens is 1. The molecule has 3 N–H and O–H groups in total. The quantitative estimate of drug-likeness (QED) is 0.772. The Kier molecular flexibility index (Phi) is 5.06. The molecule has 6 nitrogen and oxygen atoms in total. The van der Waals surface area contributed by atoms with E-state index in [0.717, 1.165) is 29.3 Å². The molecule has 1 aromatic carbocycles. The van der Waals surface area contributed by atoms with Gasteiger partial charge in [0.25, 0.3) is 0 Å². The molecule has 2 atom stereocenters. The summed E-state index contributed by atoms with van der Waals surface area (Å²) in [4.78, 5) is 26.9. The average Bonchev–Trinajstić information content (AvgIpc) is 2.95. The maximum Gasteiger partial charge on any atom is 0.326 e. The molecule has 0 spiro atoms. The van der Waals surface area contributed by atoms with E-state index in [2.05, 4.69) is 10.3 Å². The lowest BCUT2D eigenvalue weighted by molar-refractivity contribution is -0.145. The summed E-state index contributed by atoms with van der Waals surface area (Å²) >= 11 is 6.01.